The van der Waals surface area contributed by atoms with Gasteiger partial charge >= 0.3 is 0 Å². The van der Waals surface area contributed by atoms with E-state index in [1.165, 1.54) is 47.1 Å². The van der Waals surface area contributed by atoms with Crippen LogP contribution in [0.25, 0.3) is 10.4 Å². The molecule has 2 aromatic rings. The van der Waals surface area contributed by atoms with Crippen LogP contribution in [0, 0.1) is 0 Å². The van der Waals surface area contributed by atoms with Crippen LogP contribution in [0.4, 0.5) is 5.69 Å². The van der Waals surface area contributed by atoms with Crippen molar-refractivity contribution in [1.29, 1.82) is 0 Å². The predicted molar refractivity (Wildman–Crippen MR) is 83.1 cm³/mol. The highest BCUT2D eigenvalue weighted by atomic mass is 32.1. The number of benzene rings is 1. The van der Waals surface area contributed by atoms with Gasteiger partial charge in [-0.1, -0.05) is 26.0 Å². The topological polar surface area (TPSA) is 16.1 Å². The predicted octanol–water partition coefficient (Wildman–Crippen LogP) is 4.53. The largest absolute Gasteiger partial charge is 0.372 e. The molecular weight excluding hydrogens is 252 g/mol. The molecule has 1 aromatic carbocycles. The average Bonchev–Trinajstić information content (AvgIpc) is 3.10. The first kappa shape index (κ1) is 12.7. The number of rotatable bonds is 3. The Balaban J connectivity index is 1.89. The van der Waals surface area contributed by atoms with Crippen LogP contribution in [0.3, 0.4) is 0 Å². The number of hydrogen-bond acceptors (Lipinski definition) is 3. The summed E-state index contributed by atoms with van der Waals surface area (Å²) < 4.78 is 0. The summed E-state index contributed by atoms with van der Waals surface area (Å²) in [6.07, 6.45) is 4.66. The molecular formula is C16H20N2S. The molecule has 0 saturated carbocycles. The minimum atomic E-state index is 0.514. The van der Waals surface area contributed by atoms with Crippen molar-refractivity contribution in [1.82, 2.24) is 4.98 Å². The summed E-state index contributed by atoms with van der Waals surface area (Å²) in [7, 11) is 0. The van der Waals surface area contributed by atoms with Gasteiger partial charge in [-0.25, -0.2) is 4.98 Å². The lowest BCUT2D eigenvalue weighted by atomic mass is 10.1. The first-order chi connectivity index (χ1) is 9.24. The van der Waals surface area contributed by atoms with Crippen LogP contribution in [0.1, 0.15) is 37.6 Å². The lowest BCUT2D eigenvalue weighted by Gasteiger charge is -2.18. The van der Waals surface area contributed by atoms with Gasteiger partial charge < -0.3 is 4.90 Å². The molecule has 0 aliphatic carbocycles. The van der Waals surface area contributed by atoms with Crippen molar-refractivity contribution in [3.05, 3.63) is 35.5 Å². The summed E-state index contributed by atoms with van der Waals surface area (Å²) in [6.45, 7) is 6.79. The second-order valence-corrected chi connectivity index (χ2v) is 6.52. The molecule has 1 aromatic heterocycles. The van der Waals surface area contributed by atoms with Gasteiger partial charge in [0.25, 0.3) is 0 Å². The number of anilines is 1. The zero-order valence-electron chi connectivity index (χ0n) is 11.6. The third-order valence-electron chi connectivity index (χ3n) is 3.62. The van der Waals surface area contributed by atoms with Crippen molar-refractivity contribution < 1.29 is 0 Å². The Kier molecular flexibility index (Phi) is 3.56. The van der Waals surface area contributed by atoms with Gasteiger partial charge in [0.05, 0.1) is 9.88 Å². The van der Waals surface area contributed by atoms with E-state index < -0.39 is 0 Å². The molecule has 0 radical (unpaired) electrons. The fraction of sp³-hybridized carbons (Fsp3) is 0.438. The first-order valence-electron chi connectivity index (χ1n) is 7.05. The highest BCUT2D eigenvalue weighted by Crippen LogP contribution is 2.32. The van der Waals surface area contributed by atoms with Crippen LogP contribution < -0.4 is 4.90 Å². The number of aromatic nitrogens is 1. The molecule has 3 rings (SSSR count). The van der Waals surface area contributed by atoms with E-state index in [4.69, 9.17) is 0 Å². The van der Waals surface area contributed by atoms with Crippen molar-refractivity contribution >= 4 is 17.0 Å². The molecule has 1 aliphatic heterocycles. The van der Waals surface area contributed by atoms with Crippen LogP contribution in [-0.4, -0.2) is 18.1 Å². The van der Waals surface area contributed by atoms with E-state index >= 15 is 0 Å². The summed E-state index contributed by atoms with van der Waals surface area (Å²) in [4.78, 5) is 8.29. The molecule has 1 aliphatic rings. The lowest BCUT2D eigenvalue weighted by molar-refractivity contribution is 0.852. The van der Waals surface area contributed by atoms with Crippen molar-refractivity contribution in [2.24, 2.45) is 0 Å². The standard InChI is InChI=1S/C16H20N2S/c1-12(2)16-17-11-15(19-16)13-6-5-7-14(10-13)18-8-3-4-9-18/h5-7,10-12H,3-4,8-9H2,1-2H3. The smallest absolute Gasteiger partial charge is 0.0956 e. The van der Waals surface area contributed by atoms with Gasteiger partial charge in [-0.15, -0.1) is 11.3 Å². The zero-order valence-corrected chi connectivity index (χ0v) is 12.4. The third kappa shape index (κ3) is 2.66. The van der Waals surface area contributed by atoms with Crippen molar-refractivity contribution in [2.45, 2.75) is 32.6 Å². The Labute approximate surface area is 119 Å². The molecule has 1 saturated heterocycles. The van der Waals surface area contributed by atoms with Crippen molar-refractivity contribution in [3.63, 3.8) is 0 Å². The van der Waals surface area contributed by atoms with Crippen molar-refractivity contribution in [2.75, 3.05) is 18.0 Å². The van der Waals surface area contributed by atoms with E-state index in [-0.39, 0.29) is 0 Å². The lowest BCUT2D eigenvalue weighted by Crippen LogP contribution is -2.17. The van der Waals surface area contributed by atoms with Crippen LogP contribution in [0.5, 0.6) is 0 Å². The van der Waals surface area contributed by atoms with E-state index in [2.05, 4.69) is 48.0 Å². The van der Waals surface area contributed by atoms with Gasteiger partial charge in [-0.05, 0) is 30.5 Å². The molecule has 19 heavy (non-hydrogen) atoms. The first-order valence-corrected chi connectivity index (χ1v) is 7.87. The molecule has 0 atom stereocenters. The maximum absolute atomic E-state index is 4.52. The Bertz CT molecular complexity index is 553. The van der Waals surface area contributed by atoms with Gasteiger partial charge in [0.2, 0.25) is 0 Å². The maximum atomic E-state index is 4.52. The van der Waals surface area contributed by atoms with E-state index in [1.54, 1.807) is 0 Å². The van der Waals surface area contributed by atoms with Crippen LogP contribution >= 0.6 is 11.3 Å². The molecule has 3 heteroatoms. The fourth-order valence-electron chi connectivity index (χ4n) is 2.52. The Morgan fingerprint density at radius 1 is 1.21 bits per heavy atom. The molecule has 100 valence electrons. The SMILES string of the molecule is CC(C)c1ncc(-c2cccc(N3CCCC3)c2)s1. The summed E-state index contributed by atoms with van der Waals surface area (Å²) in [6, 6.07) is 8.89. The van der Waals surface area contributed by atoms with Gasteiger partial charge in [0, 0.05) is 30.9 Å². The molecule has 1 fully saturated rings. The number of thiazole rings is 1. The van der Waals surface area contributed by atoms with Gasteiger partial charge in [-0.3, -0.25) is 0 Å². The summed E-state index contributed by atoms with van der Waals surface area (Å²) in [5.74, 6) is 0.514. The number of hydrogen-bond donors (Lipinski definition) is 0. The fourth-order valence-corrected chi connectivity index (χ4v) is 3.44. The van der Waals surface area contributed by atoms with Gasteiger partial charge in [0.1, 0.15) is 0 Å². The van der Waals surface area contributed by atoms with Crippen LogP contribution in [0.15, 0.2) is 30.5 Å². The van der Waals surface area contributed by atoms with E-state index in [1.807, 2.05) is 17.5 Å². The van der Waals surface area contributed by atoms with E-state index in [0.717, 1.165) is 0 Å². The monoisotopic (exact) mass is 272 g/mol. The van der Waals surface area contributed by atoms with E-state index in [9.17, 15) is 0 Å². The Morgan fingerprint density at radius 3 is 2.68 bits per heavy atom. The molecule has 2 nitrogen and oxygen atoms in total. The summed E-state index contributed by atoms with van der Waals surface area (Å²) in [5, 5.41) is 1.22. The van der Waals surface area contributed by atoms with E-state index in [0.29, 0.717) is 5.92 Å². The Hall–Kier alpha value is -1.35. The average molecular weight is 272 g/mol. The van der Waals surface area contributed by atoms with Crippen molar-refractivity contribution in [3.8, 4) is 10.4 Å². The molecule has 0 amide bonds. The minimum Gasteiger partial charge on any atom is -0.372 e. The number of nitrogens with zero attached hydrogens (tertiary/aromatic N) is 2. The molecule has 0 N–H and O–H groups in total. The summed E-state index contributed by atoms with van der Waals surface area (Å²) in [5.41, 5.74) is 2.66. The third-order valence-corrected chi connectivity index (χ3v) is 4.97. The van der Waals surface area contributed by atoms with Crippen LogP contribution in [0.2, 0.25) is 0 Å². The molecule has 0 bridgehead atoms. The second kappa shape index (κ2) is 5.33. The van der Waals surface area contributed by atoms with Gasteiger partial charge in [0.15, 0.2) is 0 Å². The second-order valence-electron chi connectivity index (χ2n) is 5.46. The highest BCUT2D eigenvalue weighted by Gasteiger charge is 2.13. The molecule has 0 spiro atoms. The Morgan fingerprint density at radius 2 is 2.00 bits per heavy atom. The quantitative estimate of drug-likeness (QED) is 0.816. The molecule has 0 unspecified atom stereocenters. The molecule has 2 heterocycles. The zero-order chi connectivity index (χ0) is 13.2. The maximum Gasteiger partial charge on any atom is 0.0956 e. The van der Waals surface area contributed by atoms with Crippen LogP contribution in [-0.2, 0) is 0 Å². The van der Waals surface area contributed by atoms with Gasteiger partial charge in [-0.2, -0.15) is 0 Å². The minimum absolute atomic E-state index is 0.514. The normalized spacial score (nSPS) is 15.4. The highest BCUT2D eigenvalue weighted by molar-refractivity contribution is 7.15. The summed E-state index contributed by atoms with van der Waals surface area (Å²) >= 11 is 1.82.